The second kappa shape index (κ2) is 8.48. The maximum absolute atomic E-state index is 12.4. The Hall–Kier alpha value is -2.95. The van der Waals surface area contributed by atoms with Crippen LogP contribution in [0.25, 0.3) is 6.08 Å². The Morgan fingerprint density at radius 2 is 1.78 bits per heavy atom. The van der Waals surface area contributed by atoms with E-state index in [1.165, 1.54) is 6.08 Å². The number of hydrogen-bond donors (Lipinski definition) is 1. The quantitative estimate of drug-likeness (QED) is 0.795. The van der Waals surface area contributed by atoms with E-state index in [2.05, 4.69) is 4.98 Å². The second-order valence-corrected chi connectivity index (χ2v) is 5.08. The molecule has 0 aliphatic carbocycles. The van der Waals surface area contributed by atoms with Gasteiger partial charge in [0.25, 0.3) is 0 Å². The van der Waals surface area contributed by atoms with Crippen LogP contribution in [-0.2, 0) is 16.1 Å². The Kier molecular flexibility index (Phi) is 6.06. The van der Waals surface area contributed by atoms with Crippen molar-refractivity contribution >= 4 is 17.9 Å². The van der Waals surface area contributed by atoms with E-state index in [1.54, 1.807) is 23.4 Å². The molecule has 118 valence electrons. The lowest BCUT2D eigenvalue weighted by Crippen LogP contribution is -2.32. The van der Waals surface area contributed by atoms with Gasteiger partial charge in [-0.05, 0) is 29.3 Å². The van der Waals surface area contributed by atoms with E-state index in [0.717, 1.165) is 11.1 Å². The molecule has 23 heavy (non-hydrogen) atoms. The highest BCUT2D eigenvalue weighted by atomic mass is 16.2. The molecule has 0 bridgehead atoms. The smallest absolute Gasteiger partial charge is 0.246 e. The van der Waals surface area contributed by atoms with Crippen molar-refractivity contribution in [1.29, 1.82) is 0 Å². The average molecular weight is 309 g/mol. The minimum Gasteiger partial charge on any atom is -0.370 e. The number of nitrogens with zero attached hydrogens (tertiary/aromatic N) is 2. The first-order valence-corrected chi connectivity index (χ1v) is 7.34. The van der Waals surface area contributed by atoms with Crippen molar-refractivity contribution in [2.45, 2.75) is 13.0 Å². The zero-order valence-corrected chi connectivity index (χ0v) is 12.8. The van der Waals surface area contributed by atoms with Crippen LogP contribution in [-0.4, -0.2) is 28.2 Å². The van der Waals surface area contributed by atoms with E-state index in [4.69, 9.17) is 5.73 Å². The molecule has 0 saturated carbocycles. The van der Waals surface area contributed by atoms with Gasteiger partial charge >= 0.3 is 0 Å². The molecule has 0 aliphatic heterocycles. The van der Waals surface area contributed by atoms with Crippen molar-refractivity contribution in [2.24, 2.45) is 5.73 Å². The molecule has 2 rings (SSSR count). The summed E-state index contributed by atoms with van der Waals surface area (Å²) in [5.41, 5.74) is 7.09. The number of rotatable bonds is 7. The fourth-order valence-electron chi connectivity index (χ4n) is 2.06. The SMILES string of the molecule is NC(=O)CCN(Cc1ccccc1)C(=O)/C=C\c1ccncc1. The van der Waals surface area contributed by atoms with Crippen LogP contribution in [0, 0.1) is 0 Å². The number of amides is 2. The van der Waals surface area contributed by atoms with Crippen molar-refractivity contribution in [2.75, 3.05) is 6.54 Å². The largest absolute Gasteiger partial charge is 0.370 e. The number of primary amides is 1. The maximum Gasteiger partial charge on any atom is 0.246 e. The Labute approximate surface area is 135 Å². The van der Waals surface area contributed by atoms with Crippen molar-refractivity contribution in [1.82, 2.24) is 9.88 Å². The van der Waals surface area contributed by atoms with Gasteiger partial charge in [-0.3, -0.25) is 14.6 Å². The van der Waals surface area contributed by atoms with Gasteiger partial charge in [0.1, 0.15) is 0 Å². The molecule has 0 unspecified atom stereocenters. The number of carbonyl (C=O) groups is 2. The first-order valence-electron chi connectivity index (χ1n) is 7.34. The fraction of sp³-hybridized carbons (Fsp3) is 0.167. The molecular formula is C18H19N3O2. The molecule has 1 aromatic heterocycles. The van der Waals surface area contributed by atoms with Gasteiger partial charge in [-0.15, -0.1) is 0 Å². The second-order valence-electron chi connectivity index (χ2n) is 5.08. The zero-order chi connectivity index (χ0) is 16.5. The molecule has 0 fully saturated rings. The lowest BCUT2D eigenvalue weighted by molar-refractivity contribution is -0.127. The van der Waals surface area contributed by atoms with E-state index >= 15 is 0 Å². The summed E-state index contributed by atoms with van der Waals surface area (Å²) in [6, 6.07) is 13.3. The van der Waals surface area contributed by atoms with Gasteiger partial charge < -0.3 is 10.6 Å². The Morgan fingerprint density at radius 1 is 1.09 bits per heavy atom. The third kappa shape index (κ3) is 5.74. The monoisotopic (exact) mass is 309 g/mol. The molecule has 0 spiro atoms. The molecule has 5 nitrogen and oxygen atoms in total. The molecule has 0 atom stereocenters. The van der Waals surface area contributed by atoms with Gasteiger partial charge in [0.05, 0.1) is 0 Å². The summed E-state index contributed by atoms with van der Waals surface area (Å²) in [6.07, 6.45) is 6.70. The molecule has 2 amide bonds. The predicted molar refractivity (Wildman–Crippen MR) is 88.9 cm³/mol. The number of carbonyl (C=O) groups excluding carboxylic acids is 2. The summed E-state index contributed by atoms with van der Waals surface area (Å²) in [7, 11) is 0. The Bertz CT molecular complexity index is 669. The van der Waals surface area contributed by atoms with E-state index in [9.17, 15) is 9.59 Å². The number of nitrogens with two attached hydrogens (primary N) is 1. The molecule has 0 radical (unpaired) electrons. The van der Waals surface area contributed by atoms with Gasteiger partial charge in [-0.1, -0.05) is 30.3 Å². The van der Waals surface area contributed by atoms with Crippen LogP contribution in [0.5, 0.6) is 0 Å². The molecular weight excluding hydrogens is 290 g/mol. The first-order chi connectivity index (χ1) is 11.1. The summed E-state index contributed by atoms with van der Waals surface area (Å²) in [6.45, 7) is 0.734. The summed E-state index contributed by atoms with van der Waals surface area (Å²) < 4.78 is 0. The number of benzene rings is 1. The Morgan fingerprint density at radius 3 is 2.43 bits per heavy atom. The van der Waals surface area contributed by atoms with Crippen LogP contribution in [0.15, 0.2) is 60.9 Å². The van der Waals surface area contributed by atoms with Gasteiger partial charge in [0.15, 0.2) is 0 Å². The fourth-order valence-corrected chi connectivity index (χ4v) is 2.06. The minimum absolute atomic E-state index is 0.141. The average Bonchev–Trinajstić information content (AvgIpc) is 2.58. The van der Waals surface area contributed by atoms with Crippen LogP contribution in [0.1, 0.15) is 17.5 Å². The molecule has 2 N–H and O–H groups in total. The normalized spacial score (nSPS) is 10.6. The van der Waals surface area contributed by atoms with Crippen LogP contribution in [0.4, 0.5) is 0 Å². The Balaban J connectivity index is 2.07. The first kappa shape index (κ1) is 16.4. The van der Waals surface area contributed by atoms with Crippen molar-refractivity contribution < 1.29 is 9.59 Å². The lowest BCUT2D eigenvalue weighted by atomic mass is 10.2. The van der Waals surface area contributed by atoms with E-state index in [-0.39, 0.29) is 12.3 Å². The molecule has 0 aliphatic rings. The van der Waals surface area contributed by atoms with Gasteiger partial charge in [0.2, 0.25) is 11.8 Å². The van der Waals surface area contributed by atoms with Crippen LogP contribution in [0.3, 0.4) is 0 Å². The molecule has 0 saturated heterocycles. The topological polar surface area (TPSA) is 76.3 Å². The zero-order valence-electron chi connectivity index (χ0n) is 12.8. The minimum atomic E-state index is -0.422. The lowest BCUT2D eigenvalue weighted by Gasteiger charge is -2.20. The molecule has 2 aromatic rings. The van der Waals surface area contributed by atoms with Gasteiger partial charge in [0, 0.05) is 38.0 Å². The summed E-state index contributed by atoms with van der Waals surface area (Å²) in [5, 5.41) is 0. The van der Waals surface area contributed by atoms with Crippen LogP contribution in [0.2, 0.25) is 0 Å². The third-order valence-corrected chi connectivity index (χ3v) is 3.28. The highest BCUT2D eigenvalue weighted by Crippen LogP contribution is 2.07. The molecule has 5 heteroatoms. The highest BCUT2D eigenvalue weighted by molar-refractivity contribution is 5.92. The van der Waals surface area contributed by atoms with Crippen molar-refractivity contribution in [3.05, 3.63) is 72.1 Å². The molecule has 1 aromatic carbocycles. The summed E-state index contributed by atoms with van der Waals surface area (Å²) >= 11 is 0. The number of aromatic nitrogens is 1. The van der Waals surface area contributed by atoms with Gasteiger partial charge in [-0.2, -0.15) is 0 Å². The van der Waals surface area contributed by atoms with Gasteiger partial charge in [-0.25, -0.2) is 0 Å². The van der Waals surface area contributed by atoms with Crippen molar-refractivity contribution in [3.8, 4) is 0 Å². The van der Waals surface area contributed by atoms with E-state index < -0.39 is 5.91 Å². The summed E-state index contributed by atoms with van der Waals surface area (Å²) in [5.74, 6) is -0.583. The highest BCUT2D eigenvalue weighted by Gasteiger charge is 2.12. The van der Waals surface area contributed by atoms with E-state index in [0.29, 0.717) is 13.1 Å². The van der Waals surface area contributed by atoms with Crippen LogP contribution < -0.4 is 5.73 Å². The summed E-state index contributed by atoms with van der Waals surface area (Å²) in [4.78, 5) is 29.0. The standard InChI is InChI=1S/C18H19N3O2/c19-17(22)10-13-21(14-16-4-2-1-3-5-16)18(23)7-6-15-8-11-20-12-9-15/h1-9,11-12H,10,13-14H2,(H2,19,22)/b7-6-. The number of pyridine rings is 1. The predicted octanol–water partition coefficient (Wildman–Crippen LogP) is 2.00. The van der Waals surface area contributed by atoms with Crippen molar-refractivity contribution in [3.63, 3.8) is 0 Å². The van der Waals surface area contributed by atoms with Crippen LogP contribution >= 0.6 is 0 Å². The number of hydrogen-bond acceptors (Lipinski definition) is 3. The molecule has 1 heterocycles. The third-order valence-electron chi connectivity index (χ3n) is 3.28. The maximum atomic E-state index is 12.4. The van der Waals surface area contributed by atoms with E-state index in [1.807, 2.05) is 42.5 Å².